The van der Waals surface area contributed by atoms with Crippen LogP contribution in [0.25, 0.3) is 0 Å². The SMILES string of the molecule is COC(=O)CCCCCNC(=O)[C@H](CCCCN1CC(O)[C@@H](O)C(O)[C@H]1CO)NC(=O)OC(C)(C)C. The number of rotatable bonds is 14. The van der Waals surface area contributed by atoms with Crippen LogP contribution in [0.2, 0.25) is 0 Å². The Balaban J connectivity index is 2.57. The Morgan fingerprint density at radius 2 is 1.72 bits per heavy atom. The van der Waals surface area contributed by atoms with Crippen LogP contribution in [0.5, 0.6) is 0 Å². The Hall–Kier alpha value is -1.99. The second-order valence-electron chi connectivity index (χ2n) is 10.2. The number of hydrogen-bond acceptors (Lipinski definition) is 10. The molecule has 6 N–H and O–H groups in total. The van der Waals surface area contributed by atoms with Gasteiger partial charge < -0.3 is 40.5 Å². The summed E-state index contributed by atoms with van der Waals surface area (Å²) in [7, 11) is 1.34. The number of nitrogens with zero attached hydrogens (tertiary/aromatic N) is 1. The molecule has 1 aliphatic rings. The molecule has 1 saturated heterocycles. The molecule has 0 aliphatic carbocycles. The molecule has 1 fully saturated rings. The van der Waals surface area contributed by atoms with Crippen molar-refractivity contribution in [3.8, 4) is 0 Å². The van der Waals surface area contributed by atoms with Crippen LogP contribution < -0.4 is 10.6 Å². The minimum Gasteiger partial charge on any atom is -0.469 e. The standard InChI is InChI=1S/C24H45N3O9/c1-24(2,3)36-23(34)26-16(22(33)25-12-8-5-6-11-19(30)35-4)10-7-9-13-27-14-18(29)21(32)20(31)17(27)15-28/h16-18,20-21,28-29,31-32H,5-15H2,1-4H3,(H,25,33)(H,26,34)/t16-,17+,18?,20?,21+/m0/s1. The summed E-state index contributed by atoms with van der Waals surface area (Å²) in [5.74, 6) is -0.607. The molecule has 210 valence electrons. The molecule has 12 heteroatoms. The zero-order chi connectivity index (χ0) is 27.3. The number of aliphatic hydroxyl groups is 4. The van der Waals surface area contributed by atoms with Crippen LogP contribution in [-0.2, 0) is 19.1 Å². The van der Waals surface area contributed by atoms with Crippen molar-refractivity contribution in [1.82, 2.24) is 15.5 Å². The number of unbranched alkanes of at least 4 members (excludes halogenated alkanes) is 3. The van der Waals surface area contributed by atoms with Gasteiger partial charge in [0.1, 0.15) is 23.9 Å². The Bertz CT molecular complexity index is 686. The lowest BCUT2D eigenvalue weighted by atomic mass is 9.94. The first-order valence-electron chi connectivity index (χ1n) is 12.6. The van der Waals surface area contributed by atoms with Crippen molar-refractivity contribution in [3.05, 3.63) is 0 Å². The first-order chi connectivity index (χ1) is 16.9. The number of carbonyl (C=O) groups is 3. The number of amides is 2. The van der Waals surface area contributed by atoms with E-state index in [0.29, 0.717) is 51.6 Å². The first kappa shape index (κ1) is 32.0. The molecule has 1 rings (SSSR count). The highest BCUT2D eigenvalue weighted by atomic mass is 16.6. The molecular weight excluding hydrogens is 474 g/mol. The van der Waals surface area contributed by atoms with Crippen molar-refractivity contribution in [3.63, 3.8) is 0 Å². The van der Waals surface area contributed by atoms with Gasteiger partial charge in [0.25, 0.3) is 0 Å². The Morgan fingerprint density at radius 3 is 2.33 bits per heavy atom. The number of aliphatic hydroxyl groups excluding tert-OH is 4. The van der Waals surface area contributed by atoms with Gasteiger partial charge >= 0.3 is 12.1 Å². The van der Waals surface area contributed by atoms with Crippen LogP contribution in [0.1, 0.15) is 65.7 Å². The van der Waals surface area contributed by atoms with Gasteiger partial charge in [-0.05, 0) is 59.4 Å². The van der Waals surface area contributed by atoms with E-state index in [4.69, 9.17) is 4.74 Å². The van der Waals surface area contributed by atoms with E-state index in [9.17, 15) is 34.8 Å². The molecule has 0 aromatic rings. The number of hydrogen-bond donors (Lipinski definition) is 6. The van der Waals surface area contributed by atoms with Crippen LogP contribution in [0.3, 0.4) is 0 Å². The van der Waals surface area contributed by atoms with Gasteiger partial charge in [-0.2, -0.15) is 0 Å². The molecule has 36 heavy (non-hydrogen) atoms. The number of ether oxygens (including phenoxy) is 2. The maximum absolute atomic E-state index is 12.8. The van der Waals surface area contributed by atoms with Crippen LogP contribution in [-0.4, -0.2) is 113 Å². The predicted molar refractivity (Wildman–Crippen MR) is 131 cm³/mol. The second-order valence-corrected chi connectivity index (χ2v) is 10.2. The summed E-state index contributed by atoms with van der Waals surface area (Å²) in [5.41, 5.74) is -0.718. The summed E-state index contributed by atoms with van der Waals surface area (Å²) in [4.78, 5) is 37.9. The van der Waals surface area contributed by atoms with E-state index in [-0.39, 0.29) is 25.0 Å². The average molecular weight is 520 g/mol. The van der Waals surface area contributed by atoms with Crippen molar-refractivity contribution in [2.24, 2.45) is 0 Å². The molecule has 5 atom stereocenters. The maximum Gasteiger partial charge on any atom is 0.408 e. The van der Waals surface area contributed by atoms with Gasteiger partial charge in [-0.25, -0.2) is 4.79 Å². The minimum atomic E-state index is -1.31. The highest BCUT2D eigenvalue weighted by Gasteiger charge is 2.40. The summed E-state index contributed by atoms with van der Waals surface area (Å²) in [5, 5.41) is 44.9. The lowest BCUT2D eigenvalue weighted by molar-refractivity contribution is -0.145. The summed E-state index contributed by atoms with van der Waals surface area (Å²) < 4.78 is 9.88. The van der Waals surface area contributed by atoms with Gasteiger partial charge in [0.2, 0.25) is 5.91 Å². The summed E-state index contributed by atoms with van der Waals surface area (Å²) in [6.07, 6.45) is -0.551. The van der Waals surface area contributed by atoms with Gasteiger partial charge in [0.15, 0.2) is 0 Å². The molecule has 0 spiro atoms. The third kappa shape index (κ3) is 11.8. The molecule has 2 amide bonds. The lowest BCUT2D eigenvalue weighted by Crippen LogP contribution is -2.62. The fourth-order valence-corrected chi connectivity index (χ4v) is 4.03. The third-order valence-corrected chi connectivity index (χ3v) is 6.00. The molecule has 1 aliphatic heterocycles. The zero-order valence-electron chi connectivity index (χ0n) is 21.9. The molecule has 0 aromatic heterocycles. The van der Waals surface area contributed by atoms with Crippen molar-refractivity contribution in [2.75, 3.05) is 33.4 Å². The Labute approximate surface area is 213 Å². The fraction of sp³-hybridized carbons (Fsp3) is 0.875. The van der Waals surface area contributed by atoms with Gasteiger partial charge in [0, 0.05) is 19.5 Å². The molecule has 0 saturated carbocycles. The van der Waals surface area contributed by atoms with Crippen LogP contribution in [0.4, 0.5) is 4.79 Å². The topological polar surface area (TPSA) is 178 Å². The van der Waals surface area contributed by atoms with Crippen molar-refractivity contribution in [1.29, 1.82) is 0 Å². The zero-order valence-corrected chi connectivity index (χ0v) is 21.9. The van der Waals surface area contributed by atoms with E-state index in [1.807, 2.05) is 0 Å². The molecular formula is C24H45N3O9. The number of carbonyl (C=O) groups excluding carboxylic acids is 3. The largest absolute Gasteiger partial charge is 0.469 e. The van der Waals surface area contributed by atoms with E-state index >= 15 is 0 Å². The van der Waals surface area contributed by atoms with Crippen molar-refractivity contribution < 1.29 is 44.3 Å². The summed E-state index contributed by atoms with van der Waals surface area (Å²) in [6, 6.07) is -1.51. The van der Waals surface area contributed by atoms with Crippen LogP contribution >= 0.6 is 0 Å². The molecule has 2 unspecified atom stereocenters. The van der Waals surface area contributed by atoms with Gasteiger partial charge in [-0.15, -0.1) is 0 Å². The molecule has 0 radical (unpaired) electrons. The Kier molecular flexibility index (Phi) is 14.2. The van der Waals surface area contributed by atoms with Gasteiger partial charge in [-0.3, -0.25) is 14.5 Å². The number of β-amino-alcohol motifs (C(OH)–C–C–N with tert-alkyl or cyclic N) is 1. The quantitative estimate of drug-likeness (QED) is 0.131. The Morgan fingerprint density at radius 1 is 1.03 bits per heavy atom. The number of alkyl carbamates (subject to hydrolysis) is 1. The predicted octanol–water partition coefficient (Wildman–Crippen LogP) is -0.341. The number of nitrogens with one attached hydrogen (secondary N) is 2. The number of methoxy groups -OCH3 is 1. The second kappa shape index (κ2) is 16.0. The van der Waals surface area contributed by atoms with E-state index in [0.717, 1.165) is 6.42 Å². The molecule has 1 heterocycles. The van der Waals surface area contributed by atoms with Crippen LogP contribution in [0.15, 0.2) is 0 Å². The molecule has 12 nitrogen and oxygen atoms in total. The first-order valence-corrected chi connectivity index (χ1v) is 12.6. The van der Waals surface area contributed by atoms with E-state index < -0.39 is 42.1 Å². The smallest absolute Gasteiger partial charge is 0.408 e. The van der Waals surface area contributed by atoms with Crippen LogP contribution in [0, 0.1) is 0 Å². The highest BCUT2D eigenvalue weighted by molar-refractivity contribution is 5.85. The number of likely N-dealkylation sites (tertiary alicyclic amines) is 1. The normalized spacial score (nSPS) is 23.6. The fourth-order valence-electron chi connectivity index (χ4n) is 4.03. The highest BCUT2D eigenvalue weighted by Crippen LogP contribution is 2.20. The van der Waals surface area contributed by atoms with E-state index in [1.165, 1.54) is 7.11 Å². The number of piperidine rings is 1. The summed E-state index contributed by atoms with van der Waals surface area (Å²) in [6.45, 7) is 5.75. The van der Waals surface area contributed by atoms with Gasteiger partial charge in [-0.1, -0.05) is 6.42 Å². The summed E-state index contributed by atoms with van der Waals surface area (Å²) >= 11 is 0. The lowest BCUT2D eigenvalue weighted by Gasteiger charge is -2.43. The molecule has 0 aromatic carbocycles. The number of esters is 1. The average Bonchev–Trinajstić information content (AvgIpc) is 2.80. The van der Waals surface area contributed by atoms with E-state index in [1.54, 1.807) is 25.7 Å². The third-order valence-electron chi connectivity index (χ3n) is 6.00. The molecule has 0 bridgehead atoms. The van der Waals surface area contributed by atoms with Gasteiger partial charge in [0.05, 0.1) is 25.9 Å². The van der Waals surface area contributed by atoms with Crippen molar-refractivity contribution in [2.45, 2.75) is 102 Å². The van der Waals surface area contributed by atoms with Crippen molar-refractivity contribution >= 4 is 18.0 Å². The monoisotopic (exact) mass is 519 g/mol. The maximum atomic E-state index is 12.8. The van der Waals surface area contributed by atoms with E-state index in [2.05, 4.69) is 15.4 Å². The minimum absolute atomic E-state index is 0.111.